The summed E-state index contributed by atoms with van der Waals surface area (Å²) in [5.74, 6) is 1.07. The van der Waals surface area contributed by atoms with Crippen molar-refractivity contribution in [2.75, 3.05) is 32.6 Å². The van der Waals surface area contributed by atoms with Gasteiger partial charge in [0.1, 0.15) is 5.82 Å². The largest absolute Gasteiger partial charge is 0.381 e. The number of ether oxygens (including phenoxy) is 1. The average Bonchev–Trinajstić information content (AvgIpc) is 3.45. The molecule has 1 atom stereocenters. The van der Waals surface area contributed by atoms with Crippen LogP contribution in [0.1, 0.15) is 45.2 Å². The van der Waals surface area contributed by atoms with Crippen LogP contribution in [-0.4, -0.2) is 48.1 Å². The lowest BCUT2D eigenvalue weighted by molar-refractivity contribution is 0.0966. The van der Waals surface area contributed by atoms with Gasteiger partial charge in [-0.15, -0.1) is 0 Å². The van der Waals surface area contributed by atoms with Crippen LogP contribution in [0.15, 0.2) is 42.6 Å². The molecule has 1 amide bonds. The molecule has 3 aromatic rings. The number of anilines is 2. The highest BCUT2D eigenvalue weighted by Crippen LogP contribution is 2.36. The number of carbonyl (C=O) groups excluding carboxylic acids is 1. The Hall–Kier alpha value is -3.29. The number of hydrogen-bond acceptors (Lipinski definition) is 6. The molecule has 5 rings (SSSR count). The van der Waals surface area contributed by atoms with Crippen molar-refractivity contribution in [3.05, 3.63) is 70.7 Å². The number of aryl methyl sites for hydroxylation is 1. The third-order valence-electron chi connectivity index (χ3n) is 6.28. The van der Waals surface area contributed by atoms with E-state index < -0.39 is 0 Å². The molecule has 1 fully saturated rings. The van der Waals surface area contributed by atoms with Crippen molar-refractivity contribution >= 4 is 17.4 Å². The van der Waals surface area contributed by atoms with E-state index in [0.717, 1.165) is 65.8 Å². The lowest BCUT2D eigenvalue weighted by atomic mass is 9.95. The van der Waals surface area contributed by atoms with E-state index in [-0.39, 0.29) is 5.91 Å². The zero-order valence-corrected chi connectivity index (χ0v) is 19.3. The summed E-state index contributed by atoms with van der Waals surface area (Å²) in [5.41, 5.74) is 7.83. The highest BCUT2D eigenvalue weighted by Gasteiger charge is 2.27. The number of fused-ring (bicyclic) bond motifs is 1. The zero-order valence-electron chi connectivity index (χ0n) is 19.3. The Balaban J connectivity index is 1.50. The first-order valence-corrected chi connectivity index (χ1v) is 11.4. The Morgan fingerprint density at radius 1 is 1.21 bits per heavy atom. The smallest absolute Gasteiger partial charge is 0.254 e. The van der Waals surface area contributed by atoms with E-state index in [1.807, 2.05) is 45.3 Å². The van der Waals surface area contributed by atoms with Gasteiger partial charge >= 0.3 is 0 Å². The van der Waals surface area contributed by atoms with Gasteiger partial charge in [-0.2, -0.15) is 0 Å². The second-order valence-electron chi connectivity index (χ2n) is 9.04. The average molecular weight is 444 g/mol. The summed E-state index contributed by atoms with van der Waals surface area (Å²) >= 11 is 0. The molecule has 0 saturated carbocycles. The molecule has 2 aromatic heterocycles. The van der Waals surface area contributed by atoms with E-state index in [9.17, 15) is 4.79 Å². The monoisotopic (exact) mass is 443 g/mol. The number of amides is 1. The highest BCUT2D eigenvalue weighted by atomic mass is 16.5. The molecule has 1 saturated heterocycles. The van der Waals surface area contributed by atoms with Gasteiger partial charge in [0.2, 0.25) is 0 Å². The molecular weight excluding hydrogens is 414 g/mol. The molecule has 0 bridgehead atoms. The number of carbonyl (C=O) groups is 1. The van der Waals surface area contributed by atoms with Gasteiger partial charge in [0.15, 0.2) is 0 Å². The first-order chi connectivity index (χ1) is 16.0. The third kappa shape index (κ3) is 4.34. The summed E-state index contributed by atoms with van der Waals surface area (Å²) in [5, 5.41) is 6.41. The maximum absolute atomic E-state index is 12.8. The predicted molar refractivity (Wildman–Crippen MR) is 129 cm³/mol. The molecule has 33 heavy (non-hydrogen) atoms. The van der Waals surface area contributed by atoms with Gasteiger partial charge < -0.3 is 20.3 Å². The molecule has 7 nitrogen and oxygen atoms in total. The Morgan fingerprint density at radius 2 is 2.09 bits per heavy atom. The Labute approximate surface area is 194 Å². The Kier molecular flexibility index (Phi) is 5.83. The van der Waals surface area contributed by atoms with Crippen LogP contribution in [0.2, 0.25) is 0 Å². The lowest BCUT2D eigenvalue weighted by Gasteiger charge is -2.19. The predicted octanol–water partition coefficient (Wildman–Crippen LogP) is 4.00. The summed E-state index contributed by atoms with van der Waals surface area (Å²) in [4.78, 5) is 24.1. The van der Waals surface area contributed by atoms with E-state index in [4.69, 9.17) is 9.72 Å². The van der Waals surface area contributed by atoms with Crippen LogP contribution in [0.4, 0.5) is 11.5 Å². The molecule has 170 valence electrons. The van der Waals surface area contributed by atoms with Gasteiger partial charge in [0.25, 0.3) is 5.91 Å². The molecule has 0 spiro atoms. The van der Waals surface area contributed by atoms with Crippen LogP contribution in [0, 0.1) is 6.92 Å². The molecule has 0 aliphatic carbocycles. The quantitative estimate of drug-likeness (QED) is 0.599. The summed E-state index contributed by atoms with van der Waals surface area (Å²) in [6.07, 6.45) is 2.83. The summed E-state index contributed by atoms with van der Waals surface area (Å²) in [6, 6.07) is 12.2. The lowest BCUT2D eigenvalue weighted by Crippen LogP contribution is -2.16. The van der Waals surface area contributed by atoms with Crippen LogP contribution in [-0.2, 0) is 17.8 Å². The molecule has 4 heterocycles. The van der Waals surface area contributed by atoms with Crippen molar-refractivity contribution in [2.45, 2.75) is 32.4 Å². The van der Waals surface area contributed by atoms with Gasteiger partial charge in [0.05, 0.1) is 23.6 Å². The van der Waals surface area contributed by atoms with Gasteiger partial charge in [-0.05, 0) is 74.0 Å². The molecule has 7 heteroatoms. The second-order valence-corrected chi connectivity index (χ2v) is 9.04. The number of aromatic nitrogens is 2. The van der Waals surface area contributed by atoms with E-state index in [1.165, 1.54) is 5.56 Å². The third-order valence-corrected chi connectivity index (χ3v) is 6.28. The first kappa shape index (κ1) is 21.6. The van der Waals surface area contributed by atoms with Crippen molar-refractivity contribution in [1.29, 1.82) is 0 Å². The van der Waals surface area contributed by atoms with Crippen molar-refractivity contribution < 1.29 is 9.53 Å². The van der Waals surface area contributed by atoms with Crippen LogP contribution < -0.4 is 10.6 Å². The standard InChI is InChI=1S/C26H29N5O2/c1-16-12-17(8-10-27-16)19-4-6-22(25-21(19)13-28-26(25)32)29-24-7-5-20(18-9-11-33-15-18)23(30-24)14-31(2)3/h4-8,10,12,18H,9,11,13-15H2,1-3H3,(H,28,32)(H,29,30)/t18-/m1/s1. The fraction of sp³-hybridized carbons (Fsp3) is 0.346. The number of nitrogens with one attached hydrogen (secondary N) is 2. The van der Waals surface area contributed by atoms with Crippen molar-refractivity contribution in [1.82, 2.24) is 20.2 Å². The second kappa shape index (κ2) is 8.92. The van der Waals surface area contributed by atoms with Crippen LogP contribution in [0.3, 0.4) is 0 Å². The van der Waals surface area contributed by atoms with E-state index >= 15 is 0 Å². The van der Waals surface area contributed by atoms with Gasteiger partial charge in [-0.25, -0.2) is 4.98 Å². The summed E-state index contributed by atoms with van der Waals surface area (Å²) in [7, 11) is 4.10. The molecule has 0 unspecified atom stereocenters. The SMILES string of the molecule is Cc1cc(-c2ccc(Nc3ccc([C@@H]4CCOC4)c(CN(C)C)n3)c3c2CNC3=O)ccn1. The Bertz CT molecular complexity index is 1200. The van der Waals surface area contributed by atoms with Crippen molar-refractivity contribution in [2.24, 2.45) is 0 Å². The van der Waals surface area contributed by atoms with Gasteiger partial charge in [-0.1, -0.05) is 12.1 Å². The normalized spacial score (nSPS) is 17.3. The fourth-order valence-corrected chi connectivity index (χ4v) is 4.73. The van der Waals surface area contributed by atoms with E-state index in [0.29, 0.717) is 18.0 Å². The van der Waals surface area contributed by atoms with Gasteiger partial charge in [-0.3, -0.25) is 9.78 Å². The van der Waals surface area contributed by atoms with Crippen LogP contribution in [0.5, 0.6) is 0 Å². The fourth-order valence-electron chi connectivity index (χ4n) is 4.73. The molecule has 1 aromatic carbocycles. The van der Waals surface area contributed by atoms with Crippen molar-refractivity contribution in [3.63, 3.8) is 0 Å². The maximum atomic E-state index is 12.8. The molecule has 2 aliphatic heterocycles. The minimum atomic E-state index is -0.0617. The zero-order chi connectivity index (χ0) is 22.9. The minimum absolute atomic E-state index is 0.0617. The molecular formula is C26H29N5O2. The number of hydrogen-bond donors (Lipinski definition) is 2. The number of nitrogens with zero attached hydrogens (tertiary/aromatic N) is 3. The minimum Gasteiger partial charge on any atom is -0.381 e. The summed E-state index contributed by atoms with van der Waals surface area (Å²) in [6.45, 7) is 4.79. The Morgan fingerprint density at radius 3 is 2.85 bits per heavy atom. The molecule has 2 N–H and O–H groups in total. The first-order valence-electron chi connectivity index (χ1n) is 11.4. The van der Waals surface area contributed by atoms with E-state index in [2.05, 4.69) is 32.7 Å². The van der Waals surface area contributed by atoms with Gasteiger partial charge in [0, 0.05) is 37.5 Å². The van der Waals surface area contributed by atoms with E-state index in [1.54, 1.807) is 6.20 Å². The van der Waals surface area contributed by atoms with Crippen LogP contribution in [0.25, 0.3) is 11.1 Å². The number of benzene rings is 1. The van der Waals surface area contributed by atoms with Crippen molar-refractivity contribution in [3.8, 4) is 11.1 Å². The maximum Gasteiger partial charge on any atom is 0.254 e. The molecule has 0 radical (unpaired) electrons. The highest BCUT2D eigenvalue weighted by molar-refractivity contribution is 6.06. The number of rotatable bonds is 6. The summed E-state index contributed by atoms with van der Waals surface area (Å²) < 4.78 is 5.61. The molecule has 2 aliphatic rings. The topological polar surface area (TPSA) is 79.4 Å². The number of pyridine rings is 2. The van der Waals surface area contributed by atoms with Crippen LogP contribution >= 0.6 is 0 Å².